The maximum atomic E-state index is 12.0. The van der Waals surface area contributed by atoms with E-state index in [1.54, 1.807) is 18.2 Å². The second-order valence-electron chi connectivity index (χ2n) is 5.25. The Morgan fingerprint density at radius 2 is 1.96 bits per heavy atom. The average Bonchev–Trinajstić information content (AvgIpc) is 2.54. The second kappa shape index (κ2) is 8.37. The largest absolute Gasteiger partial charge is 0.483 e. The predicted octanol–water partition coefficient (Wildman–Crippen LogP) is 4.92. The molecule has 0 fully saturated rings. The van der Waals surface area contributed by atoms with Gasteiger partial charge in [0.25, 0.3) is 5.91 Å². The van der Waals surface area contributed by atoms with Crippen LogP contribution in [0.15, 0.2) is 46.9 Å². The van der Waals surface area contributed by atoms with Gasteiger partial charge in [0.1, 0.15) is 5.75 Å². The lowest BCUT2D eigenvalue weighted by Gasteiger charge is -2.15. The molecule has 3 nitrogen and oxygen atoms in total. The van der Waals surface area contributed by atoms with E-state index in [0.717, 1.165) is 16.5 Å². The minimum absolute atomic E-state index is 0.0440. The number of nitrogens with one attached hydrogen (secondary N) is 1. The number of benzene rings is 2. The molecule has 122 valence electrons. The van der Waals surface area contributed by atoms with Crippen molar-refractivity contribution in [3.8, 4) is 5.75 Å². The molecule has 2 aromatic rings. The number of halogens is 2. The van der Waals surface area contributed by atoms with Crippen LogP contribution in [0.4, 0.5) is 0 Å². The van der Waals surface area contributed by atoms with E-state index in [0.29, 0.717) is 10.8 Å². The third kappa shape index (κ3) is 5.26. The van der Waals surface area contributed by atoms with Crippen LogP contribution >= 0.6 is 27.5 Å². The van der Waals surface area contributed by atoms with Crippen LogP contribution in [0.3, 0.4) is 0 Å². The molecule has 1 atom stereocenters. The van der Waals surface area contributed by atoms with Gasteiger partial charge in [-0.15, -0.1) is 0 Å². The van der Waals surface area contributed by atoms with Gasteiger partial charge in [-0.3, -0.25) is 4.79 Å². The Bertz CT molecular complexity index is 673. The molecule has 0 aliphatic rings. The van der Waals surface area contributed by atoms with Crippen LogP contribution in [0, 0.1) is 0 Å². The summed E-state index contributed by atoms with van der Waals surface area (Å²) < 4.78 is 6.23. The van der Waals surface area contributed by atoms with E-state index in [-0.39, 0.29) is 18.6 Å². The van der Waals surface area contributed by atoms with E-state index in [9.17, 15) is 4.79 Å². The third-order valence-electron chi connectivity index (χ3n) is 3.52. The number of carbonyl (C=O) groups excluding carboxylic acids is 1. The van der Waals surface area contributed by atoms with E-state index < -0.39 is 0 Å². The molecule has 2 aromatic carbocycles. The van der Waals surface area contributed by atoms with Crippen LogP contribution in [0.2, 0.25) is 5.02 Å². The van der Waals surface area contributed by atoms with Crippen molar-refractivity contribution in [3.05, 3.63) is 63.1 Å². The molecule has 0 radical (unpaired) electrons. The highest BCUT2D eigenvalue weighted by molar-refractivity contribution is 9.10. The molecule has 0 aliphatic carbocycles. The van der Waals surface area contributed by atoms with Crippen LogP contribution in [0.25, 0.3) is 0 Å². The van der Waals surface area contributed by atoms with Crippen molar-refractivity contribution in [1.82, 2.24) is 5.32 Å². The molecular weight excluding hydrogens is 378 g/mol. The summed E-state index contributed by atoms with van der Waals surface area (Å²) in [4.78, 5) is 12.0. The van der Waals surface area contributed by atoms with Gasteiger partial charge in [0.2, 0.25) is 0 Å². The summed E-state index contributed by atoms with van der Waals surface area (Å²) in [6, 6.07) is 13.4. The maximum absolute atomic E-state index is 12.0. The minimum atomic E-state index is -0.168. The van der Waals surface area contributed by atoms with E-state index in [2.05, 4.69) is 40.3 Å². The predicted molar refractivity (Wildman–Crippen MR) is 97.0 cm³/mol. The van der Waals surface area contributed by atoms with Crippen molar-refractivity contribution in [2.45, 2.75) is 26.3 Å². The van der Waals surface area contributed by atoms with Crippen LogP contribution < -0.4 is 10.1 Å². The summed E-state index contributed by atoms with van der Waals surface area (Å²) in [5, 5.41) is 3.54. The van der Waals surface area contributed by atoms with Gasteiger partial charge >= 0.3 is 0 Å². The molecule has 1 N–H and O–H groups in total. The summed E-state index contributed by atoms with van der Waals surface area (Å²) in [6.07, 6.45) is 1.00. The zero-order valence-electron chi connectivity index (χ0n) is 13.1. The van der Waals surface area contributed by atoms with Gasteiger partial charge in [-0.25, -0.2) is 0 Å². The van der Waals surface area contributed by atoms with Crippen molar-refractivity contribution in [1.29, 1.82) is 0 Å². The van der Waals surface area contributed by atoms with E-state index in [1.807, 2.05) is 19.1 Å². The summed E-state index contributed by atoms with van der Waals surface area (Å²) in [7, 11) is 0. The molecule has 0 aliphatic heterocycles. The lowest BCUT2D eigenvalue weighted by atomic mass is 10.1. The molecule has 5 heteroatoms. The molecule has 2 rings (SSSR count). The SMILES string of the molecule is CCc1ccc([C@@H](C)NC(=O)COc2ccc(Cl)cc2Br)cc1. The van der Waals surface area contributed by atoms with E-state index >= 15 is 0 Å². The Kier molecular flexibility index (Phi) is 6.48. The molecule has 0 aromatic heterocycles. The van der Waals surface area contributed by atoms with Crippen molar-refractivity contribution in [3.63, 3.8) is 0 Å². The van der Waals surface area contributed by atoms with Gasteiger partial charge in [-0.1, -0.05) is 42.8 Å². The summed E-state index contributed by atoms with van der Waals surface area (Å²) in [6.45, 7) is 4.03. The topological polar surface area (TPSA) is 38.3 Å². The molecule has 0 spiro atoms. The van der Waals surface area contributed by atoms with Gasteiger partial charge in [0, 0.05) is 5.02 Å². The highest BCUT2D eigenvalue weighted by atomic mass is 79.9. The normalized spacial score (nSPS) is 11.8. The number of carbonyl (C=O) groups is 1. The highest BCUT2D eigenvalue weighted by Gasteiger charge is 2.11. The molecule has 0 bridgehead atoms. The first-order valence-corrected chi connectivity index (χ1v) is 8.62. The fourth-order valence-corrected chi connectivity index (χ4v) is 2.94. The van der Waals surface area contributed by atoms with E-state index in [4.69, 9.17) is 16.3 Å². The summed E-state index contributed by atoms with van der Waals surface area (Å²) in [5.74, 6) is 0.420. The first kappa shape index (κ1) is 17.8. The van der Waals surface area contributed by atoms with Crippen molar-refractivity contribution in [2.24, 2.45) is 0 Å². The second-order valence-corrected chi connectivity index (χ2v) is 6.54. The summed E-state index contributed by atoms with van der Waals surface area (Å²) in [5.41, 5.74) is 2.35. The molecule has 0 heterocycles. The Hall–Kier alpha value is -1.52. The molecule has 0 unspecified atom stereocenters. The number of hydrogen-bond acceptors (Lipinski definition) is 2. The number of amides is 1. The van der Waals surface area contributed by atoms with Gasteiger partial charge < -0.3 is 10.1 Å². The van der Waals surface area contributed by atoms with Gasteiger partial charge in [-0.2, -0.15) is 0 Å². The molecular formula is C18H19BrClNO2. The lowest BCUT2D eigenvalue weighted by Crippen LogP contribution is -2.31. The van der Waals surface area contributed by atoms with Gasteiger partial charge in [0.05, 0.1) is 10.5 Å². The Labute approximate surface area is 150 Å². The van der Waals surface area contributed by atoms with Crippen LogP contribution in [0.5, 0.6) is 5.75 Å². The highest BCUT2D eigenvalue weighted by Crippen LogP contribution is 2.27. The molecule has 0 saturated heterocycles. The van der Waals surface area contributed by atoms with Crippen LogP contribution in [0.1, 0.15) is 31.0 Å². The minimum Gasteiger partial charge on any atom is -0.483 e. The number of ether oxygens (including phenoxy) is 1. The zero-order valence-corrected chi connectivity index (χ0v) is 15.4. The zero-order chi connectivity index (χ0) is 16.8. The standard InChI is InChI=1S/C18H19BrClNO2/c1-3-13-4-6-14(7-5-13)12(2)21-18(22)11-23-17-9-8-15(20)10-16(17)19/h4-10,12H,3,11H2,1-2H3,(H,21,22)/t12-/m1/s1. The maximum Gasteiger partial charge on any atom is 0.258 e. The van der Waals surface area contributed by atoms with Gasteiger partial charge in [0.15, 0.2) is 6.61 Å². The first-order valence-electron chi connectivity index (χ1n) is 7.45. The lowest BCUT2D eigenvalue weighted by molar-refractivity contribution is -0.123. The number of hydrogen-bond donors (Lipinski definition) is 1. The van der Waals surface area contributed by atoms with Crippen molar-refractivity contribution >= 4 is 33.4 Å². The summed E-state index contributed by atoms with van der Waals surface area (Å²) >= 11 is 9.23. The molecule has 1 amide bonds. The number of rotatable bonds is 6. The van der Waals surface area contributed by atoms with Crippen LogP contribution in [-0.2, 0) is 11.2 Å². The van der Waals surface area contributed by atoms with Crippen LogP contribution in [-0.4, -0.2) is 12.5 Å². The first-order chi connectivity index (χ1) is 11.0. The van der Waals surface area contributed by atoms with Gasteiger partial charge in [-0.05, 0) is 58.6 Å². The quantitative estimate of drug-likeness (QED) is 0.752. The average molecular weight is 397 g/mol. The number of aryl methyl sites for hydroxylation is 1. The fourth-order valence-electron chi connectivity index (χ4n) is 2.14. The molecule has 0 saturated carbocycles. The Balaban J connectivity index is 1.88. The Morgan fingerprint density at radius 3 is 2.57 bits per heavy atom. The monoisotopic (exact) mass is 395 g/mol. The Morgan fingerprint density at radius 1 is 1.26 bits per heavy atom. The third-order valence-corrected chi connectivity index (χ3v) is 4.37. The van der Waals surface area contributed by atoms with E-state index in [1.165, 1.54) is 5.56 Å². The van der Waals surface area contributed by atoms with Crippen molar-refractivity contribution in [2.75, 3.05) is 6.61 Å². The van der Waals surface area contributed by atoms with Crippen molar-refractivity contribution < 1.29 is 9.53 Å². The molecule has 23 heavy (non-hydrogen) atoms. The fraction of sp³-hybridized carbons (Fsp3) is 0.278. The smallest absolute Gasteiger partial charge is 0.258 e.